The summed E-state index contributed by atoms with van der Waals surface area (Å²) in [5.74, 6) is -1.25. The molecule has 1 amide bonds. The van der Waals surface area contributed by atoms with E-state index in [-0.39, 0.29) is 17.5 Å². The van der Waals surface area contributed by atoms with Gasteiger partial charge in [0.25, 0.3) is 5.91 Å². The zero-order valence-corrected chi connectivity index (χ0v) is 14.8. The molecule has 126 valence electrons. The fourth-order valence-corrected chi connectivity index (χ4v) is 2.31. The normalized spacial score (nSPS) is 11.6. The van der Waals surface area contributed by atoms with Crippen molar-refractivity contribution in [1.29, 1.82) is 0 Å². The van der Waals surface area contributed by atoms with Crippen LogP contribution in [0.3, 0.4) is 0 Å². The summed E-state index contributed by atoms with van der Waals surface area (Å²) in [6.07, 6.45) is 1.43. The summed E-state index contributed by atoms with van der Waals surface area (Å²) in [6.45, 7) is 2.84. The van der Waals surface area contributed by atoms with Crippen LogP contribution in [-0.2, 0) is 9.53 Å². The molecule has 2 N–H and O–H groups in total. The van der Waals surface area contributed by atoms with Crippen molar-refractivity contribution in [2.45, 2.75) is 19.9 Å². The minimum atomic E-state index is -0.686. The first kappa shape index (κ1) is 17.9. The summed E-state index contributed by atoms with van der Waals surface area (Å²) in [5.41, 5.74) is 1.46. The van der Waals surface area contributed by atoms with Crippen molar-refractivity contribution < 1.29 is 19.1 Å². The number of ether oxygens (including phenoxy) is 1. The molecular weight excluding hydrogens is 376 g/mol. The Kier molecular flexibility index (Phi) is 5.92. The average Bonchev–Trinajstić information content (AvgIpc) is 3.03. The third-order valence-corrected chi connectivity index (χ3v) is 3.92. The van der Waals surface area contributed by atoms with Crippen LogP contribution in [0, 0.1) is 0 Å². The van der Waals surface area contributed by atoms with E-state index in [1.54, 1.807) is 0 Å². The van der Waals surface area contributed by atoms with Crippen molar-refractivity contribution >= 4 is 33.6 Å². The van der Waals surface area contributed by atoms with Gasteiger partial charge in [-0.1, -0.05) is 28.1 Å². The van der Waals surface area contributed by atoms with Crippen LogP contribution in [0.15, 0.2) is 41.0 Å². The van der Waals surface area contributed by atoms with Crippen molar-refractivity contribution in [3.63, 3.8) is 0 Å². The molecule has 1 aromatic carbocycles. The first-order valence-electron chi connectivity index (χ1n) is 7.28. The molecule has 1 atom stereocenters. The molecule has 1 heterocycles. The van der Waals surface area contributed by atoms with Gasteiger partial charge in [-0.25, -0.2) is 4.79 Å². The van der Waals surface area contributed by atoms with Crippen molar-refractivity contribution in [2.24, 2.45) is 0 Å². The Hall–Kier alpha value is -2.41. The van der Waals surface area contributed by atoms with Crippen LogP contribution in [0.1, 0.15) is 46.3 Å². The summed E-state index contributed by atoms with van der Waals surface area (Å²) in [7, 11) is 0. The van der Waals surface area contributed by atoms with E-state index in [0.29, 0.717) is 5.56 Å². The Balaban J connectivity index is 1.84. The molecule has 0 unspecified atom stereocenters. The second-order valence-corrected chi connectivity index (χ2v) is 6.19. The van der Waals surface area contributed by atoms with E-state index in [2.05, 4.69) is 26.2 Å². The van der Waals surface area contributed by atoms with Crippen molar-refractivity contribution in [3.05, 3.63) is 57.8 Å². The van der Waals surface area contributed by atoms with Crippen LogP contribution in [0.25, 0.3) is 0 Å². The Morgan fingerprint density at radius 1 is 1.25 bits per heavy atom. The number of hydrogen-bond acceptors (Lipinski definition) is 4. The lowest BCUT2D eigenvalue weighted by Gasteiger charge is -2.14. The molecule has 6 nitrogen and oxygen atoms in total. The third-order valence-electron chi connectivity index (χ3n) is 3.39. The molecule has 0 fully saturated rings. The number of H-pyrrole nitrogens is 1. The molecule has 24 heavy (non-hydrogen) atoms. The second kappa shape index (κ2) is 7.92. The summed E-state index contributed by atoms with van der Waals surface area (Å²) >= 11 is 3.35. The van der Waals surface area contributed by atoms with E-state index < -0.39 is 18.5 Å². The fourth-order valence-electron chi connectivity index (χ4n) is 2.04. The smallest absolute Gasteiger partial charge is 0.355 e. The predicted molar refractivity (Wildman–Crippen MR) is 91.8 cm³/mol. The van der Waals surface area contributed by atoms with Gasteiger partial charge in [-0.3, -0.25) is 9.59 Å². The largest absolute Gasteiger partial charge is 0.451 e. The maximum atomic E-state index is 11.9. The van der Waals surface area contributed by atoms with Crippen LogP contribution in [0.4, 0.5) is 0 Å². The molecule has 0 aliphatic heterocycles. The van der Waals surface area contributed by atoms with Crippen molar-refractivity contribution in [3.8, 4) is 0 Å². The molecule has 0 bridgehead atoms. The molecule has 0 spiro atoms. The highest BCUT2D eigenvalue weighted by atomic mass is 79.9. The van der Waals surface area contributed by atoms with E-state index in [1.165, 1.54) is 19.2 Å². The topological polar surface area (TPSA) is 88.3 Å². The number of amides is 1. The number of esters is 1. The number of Topliss-reactive ketones (excluding diaryl/α,β-unsaturated/α-hetero) is 1. The summed E-state index contributed by atoms with van der Waals surface area (Å²) in [4.78, 5) is 37.5. The summed E-state index contributed by atoms with van der Waals surface area (Å²) in [5, 5.41) is 2.75. The quantitative estimate of drug-likeness (QED) is 0.584. The van der Waals surface area contributed by atoms with E-state index in [1.807, 2.05) is 31.2 Å². The average molecular weight is 393 g/mol. The maximum absolute atomic E-state index is 11.9. The molecule has 0 saturated carbocycles. The van der Waals surface area contributed by atoms with Gasteiger partial charge < -0.3 is 15.0 Å². The number of carbonyl (C=O) groups excluding carboxylic acids is 3. The maximum Gasteiger partial charge on any atom is 0.355 e. The fraction of sp³-hybridized carbons (Fsp3) is 0.235. The molecule has 1 aromatic heterocycles. The van der Waals surface area contributed by atoms with Gasteiger partial charge in [-0.2, -0.15) is 0 Å². The Morgan fingerprint density at radius 3 is 2.50 bits per heavy atom. The first-order chi connectivity index (χ1) is 11.4. The van der Waals surface area contributed by atoms with E-state index in [4.69, 9.17) is 4.74 Å². The Labute approximate surface area is 147 Å². The lowest BCUT2D eigenvalue weighted by atomic mass is 10.1. The minimum Gasteiger partial charge on any atom is -0.451 e. The SMILES string of the molecule is CC(=O)c1c[nH]c(C(=O)OCC(=O)N[C@@H](C)c2ccc(Br)cc2)c1. The zero-order valence-electron chi connectivity index (χ0n) is 13.3. The number of carbonyl (C=O) groups is 3. The highest BCUT2D eigenvalue weighted by Gasteiger charge is 2.15. The van der Waals surface area contributed by atoms with E-state index >= 15 is 0 Å². The number of ketones is 1. The van der Waals surface area contributed by atoms with Crippen LogP contribution < -0.4 is 5.32 Å². The van der Waals surface area contributed by atoms with Gasteiger partial charge in [-0.15, -0.1) is 0 Å². The van der Waals surface area contributed by atoms with Crippen LogP contribution in [0.5, 0.6) is 0 Å². The van der Waals surface area contributed by atoms with Crippen molar-refractivity contribution in [1.82, 2.24) is 10.3 Å². The van der Waals surface area contributed by atoms with Crippen molar-refractivity contribution in [2.75, 3.05) is 6.61 Å². The number of aromatic nitrogens is 1. The number of benzene rings is 1. The number of hydrogen-bond donors (Lipinski definition) is 2. The number of rotatable bonds is 6. The van der Waals surface area contributed by atoms with Gasteiger partial charge in [0.05, 0.1) is 6.04 Å². The molecule has 7 heteroatoms. The van der Waals surface area contributed by atoms with Gasteiger partial charge in [0.2, 0.25) is 0 Å². The number of nitrogens with one attached hydrogen (secondary N) is 2. The predicted octanol–water partition coefficient (Wildman–Crippen LogP) is 3.01. The molecule has 0 saturated heterocycles. The lowest BCUT2D eigenvalue weighted by Crippen LogP contribution is -2.31. The molecule has 0 aliphatic rings. The lowest BCUT2D eigenvalue weighted by molar-refractivity contribution is -0.124. The van der Waals surface area contributed by atoms with Gasteiger partial charge in [-0.05, 0) is 37.6 Å². The van der Waals surface area contributed by atoms with Gasteiger partial charge in [0.15, 0.2) is 12.4 Å². The minimum absolute atomic E-state index is 0.133. The van der Waals surface area contributed by atoms with E-state index in [9.17, 15) is 14.4 Å². The molecule has 2 aromatic rings. The van der Waals surface area contributed by atoms with Crippen LogP contribution >= 0.6 is 15.9 Å². The Bertz CT molecular complexity index is 752. The number of aromatic amines is 1. The van der Waals surface area contributed by atoms with Crippen LogP contribution in [0.2, 0.25) is 0 Å². The highest BCUT2D eigenvalue weighted by Crippen LogP contribution is 2.16. The number of halogens is 1. The molecule has 2 rings (SSSR count). The van der Waals surface area contributed by atoms with Crippen LogP contribution in [-0.4, -0.2) is 29.3 Å². The van der Waals surface area contributed by atoms with Gasteiger partial charge >= 0.3 is 5.97 Å². The molecule has 0 aliphatic carbocycles. The summed E-state index contributed by atoms with van der Waals surface area (Å²) in [6, 6.07) is 8.74. The highest BCUT2D eigenvalue weighted by molar-refractivity contribution is 9.10. The first-order valence-corrected chi connectivity index (χ1v) is 8.07. The zero-order chi connectivity index (χ0) is 17.7. The van der Waals surface area contributed by atoms with Gasteiger partial charge in [0, 0.05) is 16.2 Å². The second-order valence-electron chi connectivity index (χ2n) is 5.28. The van der Waals surface area contributed by atoms with E-state index in [0.717, 1.165) is 10.0 Å². The molecular formula is C17H17BrN2O4. The monoisotopic (exact) mass is 392 g/mol. The van der Waals surface area contributed by atoms with Gasteiger partial charge in [0.1, 0.15) is 5.69 Å². The Morgan fingerprint density at radius 2 is 1.92 bits per heavy atom. The standard InChI is InChI=1S/C17H17BrN2O4/c1-10(12-3-5-14(18)6-4-12)20-16(22)9-24-17(23)15-7-13(8-19-15)11(2)21/h3-8,10,19H,9H2,1-2H3,(H,20,22)/t10-/m0/s1. The molecule has 0 radical (unpaired) electrons. The summed E-state index contributed by atoms with van der Waals surface area (Å²) < 4.78 is 5.89. The third kappa shape index (κ3) is 4.79.